The van der Waals surface area contributed by atoms with Crippen LogP contribution in [0.3, 0.4) is 0 Å². The fourth-order valence-corrected chi connectivity index (χ4v) is 3.39. The molecule has 1 heterocycles. The minimum atomic E-state index is -1.73. The fourth-order valence-electron chi connectivity index (χ4n) is 3.39. The lowest BCUT2D eigenvalue weighted by Gasteiger charge is -2.25. The van der Waals surface area contributed by atoms with Gasteiger partial charge in [0.05, 0.1) is 19.1 Å². The molecular formula is C22H29N5O9. The van der Waals surface area contributed by atoms with Gasteiger partial charge in [0.2, 0.25) is 17.7 Å². The summed E-state index contributed by atoms with van der Waals surface area (Å²) in [4.78, 5) is 63.6. The summed E-state index contributed by atoms with van der Waals surface area (Å²) >= 11 is 0. The third-order valence-corrected chi connectivity index (χ3v) is 5.32. The fraction of sp³-hybridized carbons (Fsp3) is 0.409. The molecule has 36 heavy (non-hydrogen) atoms. The number of aliphatic hydroxyl groups excluding tert-OH is 2. The van der Waals surface area contributed by atoms with Gasteiger partial charge in [-0.15, -0.1) is 0 Å². The van der Waals surface area contributed by atoms with Crippen molar-refractivity contribution in [3.8, 4) is 0 Å². The number of nitrogens with two attached hydrogens (primary N) is 1. The summed E-state index contributed by atoms with van der Waals surface area (Å²) < 4.78 is 0. The molecular weight excluding hydrogens is 478 g/mol. The average Bonchev–Trinajstić information content (AvgIpc) is 3.22. The highest BCUT2D eigenvalue weighted by Crippen LogP contribution is 2.19. The second-order valence-electron chi connectivity index (χ2n) is 8.14. The molecule has 0 radical (unpaired) electrons. The SMILES string of the molecule is CC(O)C(NC(=O)C(N)CO)C(=O)NC(CC(=O)O)C(=O)NC(Cc1c[nH]c2ccccc12)C(=O)O. The number of carboxylic acids is 2. The van der Waals surface area contributed by atoms with Gasteiger partial charge >= 0.3 is 11.9 Å². The Balaban J connectivity index is 2.18. The number of amides is 3. The molecule has 5 atom stereocenters. The molecule has 2 aromatic rings. The highest BCUT2D eigenvalue weighted by Gasteiger charge is 2.33. The zero-order valence-electron chi connectivity index (χ0n) is 19.3. The van der Waals surface area contributed by atoms with Gasteiger partial charge in [-0.1, -0.05) is 18.2 Å². The third-order valence-electron chi connectivity index (χ3n) is 5.32. The molecule has 0 fully saturated rings. The minimum Gasteiger partial charge on any atom is -0.481 e. The molecule has 5 unspecified atom stereocenters. The van der Waals surface area contributed by atoms with Crippen LogP contribution >= 0.6 is 0 Å². The Bertz CT molecular complexity index is 1120. The minimum absolute atomic E-state index is 0.135. The summed E-state index contributed by atoms with van der Waals surface area (Å²) in [6.07, 6.45) is -0.935. The van der Waals surface area contributed by atoms with Crippen LogP contribution in [0.15, 0.2) is 30.5 Å². The third kappa shape index (κ3) is 7.49. The number of carboxylic acid groups (broad SMARTS) is 2. The largest absolute Gasteiger partial charge is 0.481 e. The van der Waals surface area contributed by atoms with Gasteiger partial charge in [-0.05, 0) is 18.6 Å². The number of aliphatic hydroxyl groups is 2. The summed E-state index contributed by atoms with van der Waals surface area (Å²) in [5.41, 5.74) is 6.73. The lowest BCUT2D eigenvalue weighted by Crippen LogP contribution is -2.60. The molecule has 10 N–H and O–H groups in total. The van der Waals surface area contributed by atoms with Crippen molar-refractivity contribution in [3.05, 3.63) is 36.0 Å². The Morgan fingerprint density at radius 1 is 0.972 bits per heavy atom. The van der Waals surface area contributed by atoms with Crippen LogP contribution in [-0.2, 0) is 30.4 Å². The molecule has 3 amide bonds. The summed E-state index contributed by atoms with van der Waals surface area (Å²) in [6.45, 7) is 0.417. The van der Waals surface area contributed by atoms with Crippen molar-refractivity contribution in [2.24, 2.45) is 5.73 Å². The van der Waals surface area contributed by atoms with Crippen molar-refractivity contribution in [3.63, 3.8) is 0 Å². The van der Waals surface area contributed by atoms with E-state index in [0.717, 1.165) is 17.8 Å². The topological polar surface area (TPSA) is 244 Å². The number of carbonyl (C=O) groups is 5. The first-order valence-corrected chi connectivity index (χ1v) is 10.9. The van der Waals surface area contributed by atoms with Gasteiger partial charge in [0.15, 0.2) is 0 Å². The van der Waals surface area contributed by atoms with E-state index in [1.807, 2.05) is 0 Å². The first-order chi connectivity index (χ1) is 16.9. The van der Waals surface area contributed by atoms with Gasteiger partial charge in [0.25, 0.3) is 0 Å². The van der Waals surface area contributed by atoms with Gasteiger partial charge in [-0.2, -0.15) is 0 Å². The van der Waals surface area contributed by atoms with Gasteiger partial charge in [0.1, 0.15) is 24.2 Å². The number of aromatic amines is 1. The number of fused-ring (bicyclic) bond motifs is 1. The quantitative estimate of drug-likeness (QED) is 0.137. The Kier molecular flexibility index (Phi) is 9.90. The van der Waals surface area contributed by atoms with Crippen LogP contribution in [0.5, 0.6) is 0 Å². The van der Waals surface area contributed by atoms with E-state index in [2.05, 4.69) is 20.9 Å². The van der Waals surface area contributed by atoms with Crippen molar-refractivity contribution in [2.75, 3.05) is 6.61 Å². The number of rotatable bonds is 13. The lowest BCUT2D eigenvalue weighted by atomic mass is 10.0. The van der Waals surface area contributed by atoms with E-state index in [0.29, 0.717) is 5.56 Å². The smallest absolute Gasteiger partial charge is 0.326 e. The molecule has 196 valence electrons. The van der Waals surface area contributed by atoms with E-state index in [4.69, 9.17) is 10.8 Å². The van der Waals surface area contributed by atoms with Crippen LogP contribution < -0.4 is 21.7 Å². The number of aromatic nitrogens is 1. The maximum atomic E-state index is 12.8. The molecule has 0 bridgehead atoms. The highest BCUT2D eigenvalue weighted by molar-refractivity contribution is 5.96. The highest BCUT2D eigenvalue weighted by atomic mass is 16.4. The van der Waals surface area contributed by atoms with Crippen LogP contribution in [0, 0.1) is 0 Å². The second-order valence-corrected chi connectivity index (χ2v) is 8.14. The number of nitrogens with one attached hydrogen (secondary N) is 4. The van der Waals surface area contributed by atoms with Crippen molar-refractivity contribution in [1.82, 2.24) is 20.9 Å². The zero-order valence-corrected chi connectivity index (χ0v) is 19.3. The summed E-state index contributed by atoms with van der Waals surface area (Å²) in [5.74, 6) is -6.04. The Hall–Kier alpha value is -4.01. The number of hydrogen-bond acceptors (Lipinski definition) is 8. The number of para-hydroxylation sites is 1. The van der Waals surface area contributed by atoms with Crippen LogP contribution in [0.2, 0.25) is 0 Å². The van der Waals surface area contributed by atoms with E-state index < -0.39 is 73.0 Å². The predicted octanol–water partition coefficient (Wildman–Crippen LogP) is -2.58. The second kappa shape index (κ2) is 12.6. The van der Waals surface area contributed by atoms with Crippen molar-refractivity contribution >= 4 is 40.6 Å². The van der Waals surface area contributed by atoms with E-state index in [-0.39, 0.29) is 6.42 Å². The summed E-state index contributed by atoms with van der Waals surface area (Å²) in [6, 6.07) is 0.886. The van der Waals surface area contributed by atoms with Gasteiger partial charge < -0.3 is 47.1 Å². The summed E-state index contributed by atoms with van der Waals surface area (Å²) in [7, 11) is 0. The van der Waals surface area contributed by atoms with Crippen molar-refractivity contribution in [1.29, 1.82) is 0 Å². The van der Waals surface area contributed by atoms with E-state index in [1.165, 1.54) is 0 Å². The molecule has 0 saturated carbocycles. The van der Waals surface area contributed by atoms with E-state index in [1.54, 1.807) is 30.5 Å². The van der Waals surface area contributed by atoms with Crippen LogP contribution in [-0.4, -0.2) is 91.9 Å². The number of benzene rings is 1. The molecule has 0 aliphatic carbocycles. The Morgan fingerprint density at radius 2 is 1.61 bits per heavy atom. The number of hydrogen-bond donors (Lipinski definition) is 9. The first kappa shape index (κ1) is 28.2. The maximum Gasteiger partial charge on any atom is 0.326 e. The number of H-pyrrole nitrogens is 1. The molecule has 1 aromatic heterocycles. The van der Waals surface area contributed by atoms with Crippen LogP contribution in [0.4, 0.5) is 0 Å². The van der Waals surface area contributed by atoms with Crippen LogP contribution in [0.25, 0.3) is 10.9 Å². The predicted molar refractivity (Wildman–Crippen MR) is 124 cm³/mol. The van der Waals surface area contributed by atoms with E-state index in [9.17, 15) is 39.3 Å². The first-order valence-electron chi connectivity index (χ1n) is 10.9. The standard InChI is InChI=1S/C22H29N5O9/c1-10(29)18(27-19(32)13(23)9-28)21(34)25-15(7-17(30)31)20(33)26-16(22(35)36)6-11-8-24-14-5-3-2-4-12(11)14/h2-5,8,10,13,15-16,18,24,28-29H,6-7,9,23H2,1H3,(H,25,34)(H,26,33)(H,27,32)(H,30,31)(H,35,36). The maximum absolute atomic E-state index is 12.8. The van der Waals surface area contributed by atoms with Crippen molar-refractivity contribution < 1.29 is 44.4 Å². The molecule has 0 spiro atoms. The summed E-state index contributed by atoms with van der Waals surface area (Å²) in [5, 5.41) is 44.9. The van der Waals surface area contributed by atoms with Gasteiger partial charge in [-0.3, -0.25) is 19.2 Å². The number of carbonyl (C=O) groups excluding carboxylic acids is 3. The molecule has 1 aromatic carbocycles. The molecule has 14 heteroatoms. The van der Waals surface area contributed by atoms with E-state index >= 15 is 0 Å². The lowest BCUT2D eigenvalue weighted by molar-refractivity contribution is -0.143. The Morgan fingerprint density at radius 3 is 2.19 bits per heavy atom. The molecule has 0 aliphatic heterocycles. The normalized spacial score (nSPS) is 15.2. The van der Waals surface area contributed by atoms with Gasteiger partial charge in [-0.25, -0.2) is 4.79 Å². The molecule has 0 saturated heterocycles. The monoisotopic (exact) mass is 507 g/mol. The average molecular weight is 508 g/mol. The molecule has 14 nitrogen and oxygen atoms in total. The van der Waals surface area contributed by atoms with Crippen molar-refractivity contribution in [2.45, 2.75) is 50.0 Å². The number of aliphatic carboxylic acids is 2. The zero-order chi connectivity index (χ0) is 27.0. The Labute approximate surface area is 204 Å². The van der Waals surface area contributed by atoms with Crippen LogP contribution in [0.1, 0.15) is 18.9 Å². The molecule has 0 aliphatic rings. The molecule has 2 rings (SSSR count). The van der Waals surface area contributed by atoms with Gasteiger partial charge in [0, 0.05) is 23.5 Å².